The third kappa shape index (κ3) is 3.92. The fraction of sp³-hybridized carbons (Fsp3) is 0.312. The number of anilines is 2. The lowest BCUT2D eigenvalue weighted by Gasteiger charge is -2.33. The van der Waals surface area contributed by atoms with Crippen LogP contribution in [0.5, 0.6) is 0 Å². The number of hydrogen-bond donors (Lipinski definition) is 2. The molecule has 0 radical (unpaired) electrons. The lowest BCUT2D eigenvalue weighted by atomic mass is 10.1. The van der Waals surface area contributed by atoms with E-state index >= 15 is 0 Å². The molecule has 1 fully saturated rings. The predicted molar refractivity (Wildman–Crippen MR) is 93.1 cm³/mol. The summed E-state index contributed by atoms with van der Waals surface area (Å²) in [6.45, 7) is 1.98. The summed E-state index contributed by atoms with van der Waals surface area (Å²) in [6, 6.07) is 10.3. The molecule has 1 saturated heterocycles. The summed E-state index contributed by atoms with van der Waals surface area (Å²) in [5.74, 6) is 1.05. The van der Waals surface area contributed by atoms with Crippen molar-refractivity contribution in [2.24, 2.45) is 0 Å². The molecule has 1 aliphatic rings. The first-order chi connectivity index (χ1) is 10.8. The molecule has 0 amide bonds. The van der Waals surface area contributed by atoms with E-state index in [9.17, 15) is 0 Å². The SMILES string of the molecule is S=C(Nc1cccnc1)NC1CCN(c2ccccn2)CC1. The van der Waals surface area contributed by atoms with Crippen molar-refractivity contribution >= 4 is 28.8 Å². The molecule has 5 nitrogen and oxygen atoms in total. The molecule has 3 heterocycles. The van der Waals surface area contributed by atoms with Crippen LogP contribution in [0, 0.1) is 0 Å². The van der Waals surface area contributed by atoms with Gasteiger partial charge in [0.1, 0.15) is 5.82 Å². The predicted octanol–water partition coefficient (Wildman–Crippen LogP) is 2.43. The van der Waals surface area contributed by atoms with E-state index in [0.717, 1.165) is 37.4 Å². The minimum Gasteiger partial charge on any atom is -0.360 e. The Morgan fingerprint density at radius 3 is 2.68 bits per heavy atom. The van der Waals surface area contributed by atoms with Crippen LogP contribution in [0.2, 0.25) is 0 Å². The fourth-order valence-corrected chi connectivity index (χ4v) is 2.87. The number of nitrogens with zero attached hydrogens (tertiary/aromatic N) is 3. The first-order valence-corrected chi connectivity index (χ1v) is 7.85. The zero-order valence-corrected chi connectivity index (χ0v) is 13.1. The van der Waals surface area contributed by atoms with Crippen molar-refractivity contribution in [3.8, 4) is 0 Å². The Balaban J connectivity index is 1.47. The Morgan fingerprint density at radius 1 is 1.14 bits per heavy atom. The van der Waals surface area contributed by atoms with E-state index in [-0.39, 0.29) is 0 Å². The van der Waals surface area contributed by atoms with Crippen molar-refractivity contribution in [3.05, 3.63) is 48.9 Å². The molecule has 0 aliphatic carbocycles. The first kappa shape index (κ1) is 14.7. The van der Waals surface area contributed by atoms with Gasteiger partial charge in [0.05, 0.1) is 11.9 Å². The van der Waals surface area contributed by atoms with Crippen LogP contribution >= 0.6 is 12.2 Å². The fourth-order valence-electron chi connectivity index (χ4n) is 2.58. The molecule has 0 atom stereocenters. The molecule has 114 valence electrons. The zero-order chi connectivity index (χ0) is 15.2. The van der Waals surface area contributed by atoms with Crippen LogP contribution < -0.4 is 15.5 Å². The van der Waals surface area contributed by atoms with E-state index in [1.54, 1.807) is 12.4 Å². The molecule has 6 heteroatoms. The molecule has 2 N–H and O–H groups in total. The summed E-state index contributed by atoms with van der Waals surface area (Å²) in [4.78, 5) is 10.8. The third-order valence-electron chi connectivity index (χ3n) is 3.72. The lowest BCUT2D eigenvalue weighted by Crippen LogP contribution is -2.46. The number of nitrogens with one attached hydrogen (secondary N) is 2. The second-order valence-electron chi connectivity index (χ2n) is 5.29. The molecular weight excluding hydrogens is 294 g/mol. The summed E-state index contributed by atoms with van der Waals surface area (Å²) in [6.07, 6.45) is 7.44. The molecule has 2 aromatic rings. The average molecular weight is 313 g/mol. The molecule has 0 spiro atoms. The highest BCUT2D eigenvalue weighted by Crippen LogP contribution is 2.17. The van der Waals surface area contributed by atoms with Gasteiger partial charge in [-0.05, 0) is 49.3 Å². The standard InChI is InChI=1S/C16H19N5S/c22-16(20-14-4-3-8-17-12-14)19-13-6-10-21(11-7-13)15-5-1-2-9-18-15/h1-5,8-9,12-13H,6-7,10-11H2,(H2,19,20,22). The van der Waals surface area contributed by atoms with Crippen molar-refractivity contribution in [2.45, 2.75) is 18.9 Å². The van der Waals surface area contributed by atoms with Gasteiger partial charge in [-0.2, -0.15) is 0 Å². The van der Waals surface area contributed by atoms with E-state index in [4.69, 9.17) is 12.2 Å². The number of pyridine rings is 2. The highest BCUT2D eigenvalue weighted by atomic mass is 32.1. The minimum atomic E-state index is 0.400. The van der Waals surface area contributed by atoms with E-state index < -0.39 is 0 Å². The number of aromatic nitrogens is 2. The van der Waals surface area contributed by atoms with E-state index in [0.29, 0.717) is 11.2 Å². The molecule has 3 rings (SSSR count). The molecule has 22 heavy (non-hydrogen) atoms. The molecule has 0 unspecified atom stereocenters. The van der Waals surface area contributed by atoms with Gasteiger partial charge in [-0.15, -0.1) is 0 Å². The molecule has 2 aromatic heterocycles. The number of hydrogen-bond acceptors (Lipinski definition) is 4. The van der Waals surface area contributed by atoms with E-state index in [2.05, 4.69) is 31.6 Å². The zero-order valence-electron chi connectivity index (χ0n) is 12.3. The van der Waals surface area contributed by atoms with Crippen LogP contribution in [0.4, 0.5) is 11.5 Å². The van der Waals surface area contributed by atoms with Gasteiger partial charge in [0.15, 0.2) is 5.11 Å². The van der Waals surface area contributed by atoms with Gasteiger partial charge in [-0.25, -0.2) is 4.98 Å². The number of thiocarbonyl (C=S) groups is 1. The topological polar surface area (TPSA) is 53.1 Å². The van der Waals surface area contributed by atoms with Crippen LogP contribution in [0.25, 0.3) is 0 Å². The maximum absolute atomic E-state index is 5.36. The van der Waals surface area contributed by atoms with Crippen molar-refractivity contribution in [1.82, 2.24) is 15.3 Å². The molecule has 0 bridgehead atoms. The van der Waals surface area contributed by atoms with Crippen molar-refractivity contribution in [2.75, 3.05) is 23.3 Å². The average Bonchev–Trinajstić information content (AvgIpc) is 2.57. The largest absolute Gasteiger partial charge is 0.360 e. The van der Waals surface area contributed by atoms with Gasteiger partial charge in [0, 0.05) is 31.5 Å². The van der Waals surface area contributed by atoms with Gasteiger partial charge in [-0.1, -0.05) is 6.07 Å². The Morgan fingerprint density at radius 2 is 2.00 bits per heavy atom. The summed E-state index contributed by atoms with van der Waals surface area (Å²) in [5, 5.41) is 7.21. The second kappa shape index (κ2) is 7.17. The van der Waals surface area contributed by atoms with Crippen molar-refractivity contribution < 1.29 is 0 Å². The number of piperidine rings is 1. The Kier molecular flexibility index (Phi) is 4.80. The second-order valence-corrected chi connectivity index (χ2v) is 5.70. The van der Waals surface area contributed by atoms with Crippen LogP contribution in [0.1, 0.15) is 12.8 Å². The van der Waals surface area contributed by atoms with Gasteiger partial charge in [-0.3, -0.25) is 4.98 Å². The molecule has 1 aliphatic heterocycles. The smallest absolute Gasteiger partial charge is 0.171 e. The number of rotatable bonds is 3. The monoisotopic (exact) mass is 313 g/mol. The quantitative estimate of drug-likeness (QED) is 0.849. The Bertz CT molecular complexity index is 596. The van der Waals surface area contributed by atoms with Gasteiger partial charge >= 0.3 is 0 Å². The van der Waals surface area contributed by atoms with E-state index in [1.807, 2.05) is 30.5 Å². The lowest BCUT2D eigenvalue weighted by molar-refractivity contribution is 0.466. The van der Waals surface area contributed by atoms with Crippen molar-refractivity contribution in [3.63, 3.8) is 0 Å². The first-order valence-electron chi connectivity index (χ1n) is 7.45. The van der Waals surface area contributed by atoms with Crippen LogP contribution in [0.15, 0.2) is 48.9 Å². The van der Waals surface area contributed by atoms with Crippen LogP contribution in [-0.4, -0.2) is 34.2 Å². The highest BCUT2D eigenvalue weighted by Gasteiger charge is 2.20. The molecule has 0 saturated carbocycles. The van der Waals surface area contributed by atoms with Crippen LogP contribution in [0.3, 0.4) is 0 Å². The minimum absolute atomic E-state index is 0.400. The van der Waals surface area contributed by atoms with Crippen LogP contribution in [-0.2, 0) is 0 Å². The maximum Gasteiger partial charge on any atom is 0.171 e. The summed E-state index contributed by atoms with van der Waals surface area (Å²) < 4.78 is 0. The summed E-state index contributed by atoms with van der Waals surface area (Å²) in [5.41, 5.74) is 0.908. The highest BCUT2D eigenvalue weighted by molar-refractivity contribution is 7.80. The molecular formula is C16H19N5S. The van der Waals surface area contributed by atoms with Crippen molar-refractivity contribution in [1.29, 1.82) is 0 Å². The van der Waals surface area contributed by atoms with Gasteiger partial charge in [0.2, 0.25) is 0 Å². The summed E-state index contributed by atoms with van der Waals surface area (Å²) >= 11 is 5.36. The normalized spacial score (nSPS) is 15.4. The maximum atomic E-state index is 5.36. The molecule has 0 aromatic carbocycles. The third-order valence-corrected chi connectivity index (χ3v) is 3.94. The van der Waals surface area contributed by atoms with Gasteiger partial charge < -0.3 is 15.5 Å². The summed E-state index contributed by atoms with van der Waals surface area (Å²) in [7, 11) is 0. The Hall–Kier alpha value is -2.21. The van der Waals surface area contributed by atoms with Gasteiger partial charge in [0.25, 0.3) is 0 Å². The van der Waals surface area contributed by atoms with E-state index in [1.165, 1.54) is 0 Å². The Labute approximate surface area is 135 Å².